The second-order valence-electron chi connectivity index (χ2n) is 7.41. The molecule has 2 bridgehead atoms. The van der Waals surface area contributed by atoms with Gasteiger partial charge in [-0.3, -0.25) is 0 Å². The lowest BCUT2D eigenvalue weighted by molar-refractivity contribution is 0.186. The number of rotatable bonds is 3. The highest BCUT2D eigenvalue weighted by molar-refractivity contribution is 5.90. The molecule has 0 amide bonds. The van der Waals surface area contributed by atoms with Gasteiger partial charge in [-0.2, -0.15) is 9.97 Å². The molecule has 2 aliphatic rings. The van der Waals surface area contributed by atoms with E-state index in [-0.39, 0.29) is 0 Å². The number of nitrogens with one attached hydrogen (secondary N) is 2. The highest BCUT2D eigenvalue weighted by Gasteiger charge is 2.41. The normalized spacial score (nSPS) is 26.8. The number of hydrogen-bond donors (Lipinski definition) is 2. The lowest BCUT2D eigenvalue weighted by Crippen LogP contribution is -2.46. The Hall–Kier alpha value is -1.95. The molecular weight excluding hydrogens is 300 g/mol. The van der Waals surface area contributed by atoms with Gasteiger partial charge in [-0.15, -0.1) is 0 Å². The molecule has 2 aromatic rings. The first kappa shape index (κ1) is 15.6. The number of pyridine rings is 1. The highest BCUT2D eigenvalue weighted by atomic mass is 15.2. The van der Waals surface area contributed by atoms with Crippen LogP contribution in [0, 0.1) is 25.7 Å². The molecule has 6 heteroatoms. The third-order valence-corrected chi connectivity index (χ3v) is 5.54. The SMILES string of the molecule is CNc1nc(NC2C3CCC2CN(C)C3)nc2nc(C)cc(C)c12. The molecule has 2 aromatic heterocycles. The number of fused-ring (bicyclic) bond motifs is 3. The van der Waals surface area contributed by atoms with Gasteiger partial charge in [-0.25, -0.2) is 4.98 Å². The van der Waals surface area contributed by atoms with Gasteiger partial charge in [-0.1, -0.05) is 0 Å². The molecule has 128 valence electrons. The Kier molecular flexibility index (Phi) is 3.79. The predicted molar refractivity (Wildman–Crippen MR) is 97.5 cm³/mol. The monoisotopic (exact) mass is 326 g/mol. The average molecular weight is 326 g/mol. The Morgan fingerprint density at radius 2 is 1.79 bits per heavy atom. The van der Waals surface area contributed by atoms with Crippen LogP contribution in [0.15, 0.2) is 6.07 Å². The first-order valence-electron chi connectivity index (χ1n) is 8.84. The first-order chi connectivity index (χ1) is 11.5. The maximum atomic E-state index is 4.73. The molecule has 4 rings (SSSR count). The van der Waals surface area contributed by atoms with Crippen molar-refractivity contribution in [1.82, 2.24) is 19.9 Å². The Bertz CT molecular complexity index is 760. The molecule has 1 aliphatic heterocycles. The molecule has 2 N–H and O–H groups in total. The van der Waals surface area contributed by atoms with Gasteiger partial charge in [0.1, 0.15) is 5.82 Å². The van der Waals surface area contributed by atoms with Crippen molar-refractivity contribution in [1.29, 1.82) is 0 Å². The smallest absolute Gasteiger partial charge is 0.226 e. The van der Waals surface area contributed by atoms with Crippen molar-refractivity contribution >= 4 is 22.8 Å². The Morgan fingerprint density at radius 3 is 2.46 bits per heavy atom. The minimum absolute atomic E-state index is 0.481. The van der Waals surface area contributed by atoms with Crippen molar-refractivity contribution in [3.8, 4) is 0 Å². The van der Waals surface area contributed by atoms with E-state index >= 15 is 0 Å². The Morgan fingerprint density at radius 1 is 1.08 bits per heavy atom. The van der Waals surface area contributed by atoms with Crippen LogP contribution in [0.3, 0.4) is 0 Å². The fourth-order valence-corrected chi connectivity index (χ4v) is 4.57. The van der Waals surface area contributed by atoms with Gasteiger partial charge in [0.25, 0.3) is 0 Å². The van der Waals surface area contributed by atoms with Gasteiger partial charge in [0, 0.05) is 31.9 Å². The molecule has 2 unspecified atom stereocenters. The number of piperidine rings is 1. The van der Waals surface area contributed by atoms with Crippen LogP contribution in [0.4, 0.5) is 11.8 Å². The quantitative estimate of drug-likeness (QED) is 0.903. The topological polar surface area (TPSA) is 66.0 Å². The molecule has 6 nitrogen and oxygen atoms in total. The van der Waals surface area contributed by atoms with Crippen molar-refractivity contribution in [3.05, 3.63) is 17.3 Å². The zero-order valence-electron chi connectivity index (χ0n) is 14.9. The summed E-state index contributed by atoms with van der Waals surface area (Å²) in [6, 6.07) is 2.56. The van der Waals surface area contributed by atoms with E-state index in [0.29, 0.717) is 23.8 Å². The number of aromatic nitrogens is 3. The summed E-state index contributed by atoms with van der Waals surface area (Å²) in [6.07, 6.45) is 2.60. The van der Waals surface area contributed by atoms with Gasteiger partial charge >= 0.3 is 0 Å². The van der Waals surface area contributed by atoms with E-state index < -0.39 is 0 Å². The second kappa shape index (κ2) is 5.84. The third-order valence-electron chi connectivity index (χ3n) is 5.54. The van der Waals surface area contributed by atoms with Crippen molar-refractivity contribution in [2.75, 3.05) is 37.8 Å². The standard InChI is InChI=1S/C18H26N6/c1-10-7-11(2)20-17-14(10)16(19-3)22-18(23-17)21-15-12-5-6-13(15)9-24(4)8-12/h7,12-13,15H,5-6,8-9H2,1-4H3,(H2,19,20,21,22,23). The number of likely N-dealkylation sites (tertiary alicyclic amines) is 1. The zero-order valence-corrected chi connectivity index (χ0v) is 14.9. The lowest BCUT2D eigenvalue weighted by atomic mass is 9.93. The van der Waals surface area contributed by atoms with Crippen molar-refractivity contribution < 1.29 is 0 Å². The van der Waals surface area contributed by atoms with Gasteiger partial charge < -0.3 is 15.5 Å². The fraction of sp³-hybridized carbons (Fsp3) is 0.611. The van der Waals surface area contributed by atoms with Crippen LogP contribution in [0.1, 0.15) is 24.1 Å². The molecule has 0 radical (unpaired) electrons. The maximum absolute atomic E-state index is 4.73. The van der Waals surface area contributed by atoms with E-state index in [2.05, 4.69) is 40.6 Å². The summed E-state index contributed by atoms with van der Waals surface area (Å²) in [5, 5.41) is 7.87. The van der Waals surface area contributed by atoms with Crippen LogP contribution >= 0.6 is 0 Å². The van der Waals surface area contributed by atoms with Crippen molar-refractivity contribution in [2.24, 2.45) is 11.8 Å². The summed E-state index contributed by atoms with van der Waals surface area (Å²) in [6.45, 7) is 6.43. The number of aryl methyl sites for hydroxylation is 2. The maximum Gasteiger partial charge on any atom is 0.226 e. The van der Waals surface area contributed by atoms with E-state index in [1.54, 1.807) is 0 Å². The molecular formula is C18H26N6. The van der Waals surface area contributed by atoms with Crippen LogP contribution in [0.5, 0.6) is 0 Å². The second-order valence-corrected chi connectivity index (χ2v) is 7.41. The fourth-order valence-electron chi connectivity index (χ4n) is 4.57. The lowest BCUT2D eigenvalue weighted by Gasteiger charge is -2.36. The highest BCUT2D eigenvalue weighted by Crippen LogP contribution is 2.38. The molecule has 1 aliphatic carbocycles. The van der Waals surface area contributed by atoms with Crippen LogP contribution in [0.25, 0.3) is 11.0 Å². The Labute approximate surface area is 143 Å². The summed E-state index contributed by atoms with van der Waals surface area (Å²) in [5.74, 6) is 2.94. The number of anilines is 2. The van der Waals surface area contributed by atoms with E-state index in [4.69, 9.17) is 9.97 Å². The zero-order chi connectivity index (χ0) is 16.8. The summed E-state index contributed by atoms with van der Waals surface area (Å²) >= 11 is 0. The van der Waals surface area contributed by atoms with Crippen LogP contribution in [-0.2, 0) is 0 Å². The number of hydrogen-bond acceptors (Lipinski definition) is 6. The summed E-state index contributed by atoms with van der Waals surface area (Å²) in [7, 11) is 4.13. The molecule has 2 atom stereocenters. The summed E-state index contributed by atoms with van der Waals surface area (Å²) in [5.41, 5.74) is 2.92. The van der Waals surface area contributed by atoms with Crippen LogP contribution < -0.4 is 10.6 Å². The number of nitrogens with zero attached hydrogens (tertiary/aromatic N) is 4. The van der Waals surface area contributed by atoms with E-state index in [9.17, 15) is 0 Å². The largest absolute Gasteiger partial charge is 0.372 e. The predicted octanol–water partition coefficient (Wildman–Crippen LogP) is 2.44. The van der Waals surface area contributed by atoms with Gasteiger partial charge in [-0.05, 0) is 57.2 Å². The molecule has 0 spiro atoms. The van der Waals surface area contributed by atoms with Crippen LogP contribution in [0.2, 0.25) is 0 Å². The van der Waals surface area contributed by atoms with Gasteiger partial charge in [0.2, 0.25) is 5.95 Å². The minimum Gasteiger partial charge on any atom is -0.372 e. The van der Waals surface area contributed by atoms with Crippen LogP contribution in [-0.4, -0.2) is 53.1 Å². The van der Waals surface area contributed by atoms with Crippen molar-refractivity contribution in [2.45, 2.75) is 32.7 Å². The van der Waals surface area contributed by atoms with Gasteiger partial charge in [0.15, 0.2) is 5.65 Å². The summed E-state index contributed by atoms with van der Waals surface area (Å²) in [4.78, 5) is 16.5. The minimum atomic E-state index is 0.481. The van der Waals surface area contributed by atoms with Gasteiger partial charge in [0.05, 0.1) is 5.39 Å². The molecule has 3 heterocycles. The molecule has 24 heavy (non-hydrogen) atoms. The van der Waals surface area contributed by atoms with E-state index in [0.717, 1.165) is 41.2 Å². The first-order valence-corrected chi connectivity index (χ1v) is 8.84. The molecule has 1 saturated carbocycles. The molecule has 0 aromatic carbocycles. The Balaban J connectivity index is 1.70. The van der Waals surface area contributed by atoms with E-state index in [1.165, 1.54) is 12.8 Å². The summed E-state index contributed by atoms with van der Waals surface area (Å²) < 4.78 is 0. The van der Waals surface area contributed by atoms with Crippen molar-refractivity contribution in [3.63, 3.8) is 0 Å². The average Bonchev–Trinajstić information content (AvgIpc) is 2.76. The van der Waals surface area contributed by atoms with E-state index in [1.807, 2.05) is 14.0 Å². The molecule has 2 fully saturated rings. The third kappa shape index (κ3) is 2.59. The molecule has 1 saturated heterocycles.